The molecule has 0 aliphatic carbocycles. The molecule has 0 aromatic rings. The zero-order chi connectivity index (χ0) is 9.03. The number of rotatable bonds is 4. The van der Waals surface area contributed by atoms with E-state index < -0.39 is 18.9 Å². The van der Waals surface area contributed by atoms with Gasteiger partial charge in [0, 0.05) is 13.2 Å². The standard InChI is InChI=1S/C8H15FO3/c9-8(5-10,6-11)3-7-1-2-12-4-7/h7,10-11H,1-6H2/t7-/m0/s1. The molecule has 1 aliphatic heterocycles. The summed E-state index contributed by atoms with van der Waals surface area (Å²) in [4.78, 5) is 0. The molecule has 1 aliphatic rings. The van der Waals surface area contributed by atoms with Crippen LogP contribution in [-0.2, 0) is 4.74 Å². The molecular formula is C8H15FO3. The average molecular weight is 178 g/mol. The lowest BCUT2D eigenvalue weighted by molar-refractivity contribution is -0.00335. The molecule has 12 heavy (non-hydrogen) atoms. The molecule has 0 saturated carbocycles. The van der Waals surface area contributed by atoms with Crippen LogP contribution in [0.5, 0.6) is 0 Å². The third-order valence-corrected chi connectivity index (χ3v) is 2.25. The number of ether oxygens (including phenoxy) is 1. The second kappa shape index (κ2) is 4.16. The molecule has 3 nitrogen and oxygen atoms in total. The number of hydrogen-bond donors (Lipinski definition) is 2. The molecule has 4 heteroatoms. The Morgan fingerprint density at radius 1 is 1.42 bits per heavy atom. The van der Waals surface area contributed by atoms with Crippen molar-refractivity contribution in [3.63, 3.8) is 0 Å². The van der Waals surface area contributed by atoms with Crippen LogP contribution in [0.4, 0.5) is 4.39 Å². The van der Waals surface area contributed by atoms with Gasteiger partial charge in [0.2, 0.25) is 0 Å². The molecule has 0 radical (unpaired) electrons. The third kappa shape index (κ3) is 2.40. The van der Waals surface area contributed by atoms with Crippen molar-refractivity contribution < 1.29 is 19.3 Å². The number of alkyl halides is 1. The summed E-state index contributed by atoms with van der Waals surface area (Å²) in [6, 6.07) is 0. The lowest BCUT2D eigenvalue weighted by Crippen LogP contribution is -2.35. The minimum atomic E-state index is -1.82. The minimum absolute atomic E-state index is 0.147. The van der Waals surface area contributed by atoms with Crippen LogP contribution in [-0.4, -0.2) is 42.3 Å². The highest BCUT2D eigenvalue weighted by Crippen LogP contribution is 2.26. The normalized spacial score (nSPS) is 24.8. The molecule has 1 heterocycles. The maximum atomic E-state index is 13.3. The fourth-order valence-corrected chi connectivity index (χ4v) is 1.44. The van der Waals surface area contributed by atoms with E-state index in [2.05, 4.69) is 0 Å². The Balaban J connectivity index is 2.35. The van der Waals surface area contributed by atoms with Crippen molar-refractivity contribution in [1.82, 2.24) is 0 Å². The molecule has 0 unspecified atom stereocenters. The molecule has 72 valence electrons. The summed E-state index contributed by atoms with van der Waals surface area (Å²) in [7, 11) is 0. The Bertz CT molecular complexity index is 130. The van der Waals surface area contributed by atoms with Gasteiger partial charge < -0.3 is 14.9 Å². The van der Waals surface area contributed by atoms with Crippen LogP contribution in [0.1, 0.15) is 12.8 Å². The van der Waals surface area contributed by atoms with Gasteiger partial charge in [0.15, 0.2) is 5.67 Å². The number of halogens is 1. The highest BCUT2D eigenvalue weighted by molar-refractivity contribution is 4.82. The van der Waals surface area contributed by atoms with Gasteiger partial charge in [-0.3, -0.25) is 0 Å². The summed E-state index contributed by atoms with van der Waals surface area (Å²) in [5, 5.41) is 17.3. The average Bonchev–Trinajstić information content (AvgIpc) is 2.57. The van der Waals surface area contributed by atoms with Gasteiger partial charge in [-0.25, -0.2) is 4.39 Å². The molecule has 0 aromatic heterocycles. The molecule has 0 aromatic carbocycles. The van der Waals surface area contributed by atoms with E-state index >= 15 is 0 Å². The summed E-state index contributed by atoms with van der Waals surface area (Å²) in [6.45, 7) is -0.0106. The topological polar surface area (TPSA) is 49.7 Å². The van der Waals surface area contributed by atoms with Crippen molar-refractivity contribution in [2.75, 3.05) is 26.4 Å². The smallest absolute Gasteiger partial charge is 0.157 e. The second-order valence-corrected chi connectivity index (χ2v) is 3.40. The van der Waals surface area contributed by atoms with Crippen molar-refractivity contribution >= 4 is 0 Å². The van der Waals surface area contributed by atoms with E-state index in [4.69, 9.17) is 14.9 Å². The predicted molar refractivity (Wildman–Crippen MR) is 41.6 cm³/mol. The zero-order valence-corrected chi connectivity index (χ0v) is 7.00. The third-order valence-electron chi connectivity index (χ3n) is 2.25. The number of aliphatic hydroxyl groups excluding tert-OH is 2. The monoisotopic (exact) mass is 178 g/mol. The van der Waals surface area contributed by atoms with Crippen molar-refractivity contribution in [3.05, 3.63) is 0 Å². The Labute approximate surface area is 71.2 Å². The maximum Gasteiger partial charge on any atom is 0.157 e. The largest absolute Gasteiger partial charge is 0.393 e. The molecule has 1 saturated heterocycles. The van der Waals surface area contributed by atoms with Gasteiger partial charge in [0.05, 0.1) is 13.2 Å². The van der Waals surface area contributed by atoms with E-state index in [1.54, 1.807) is 0 Å². The van der Waals surface area contributed by atoms with Gasteiger partial charge in [0.25, 0.3) is 0 Å². The molecule has 0 amide bonds. The fraction of sp³-hybridized carbons (Fsp3) is 1.00. The fourth-order valence-electron chi connectivity index (χ4n) is 1.44. The van der Waals surface area contributed by atoms with Gasteiger partial charge in [-0.15, -0.1) is 0 Å². The Kier molecular flexibility index (Phi) is 3.43. The van der Waals surface area contributed by atoms with Crippen LogP contribution in [0.2, 0.25) is 0 Å². The van der Waals surface area contributed by atoms with E-state index in [9.17, 15) is 4.39 Å². The first kappa shape index (κ1) is 9.89. The highest BCUT2D eigenvalue weighted by atomic mass is 19.1. The summed E-state index contributed by atoms with van der Waals surface area (Å²) in [5.41, 5.74) is -1.82. The first-order valence-corrected chi connectivity index (χ1v) is 4.18. The van der Waals surface area contributed by atoms with Gasteiger partial charge >= 0.3 is 0 Å². The van der Waals surface area contributed by atoms with Crippen LogP contribution < -0.4 is 0 Å². The zero-order valence-electron chi connectivity index (χ0n) is 7.00. The van der Waals surface area contributed by atoms with E-state index in [1.165, 1.54) is 0 Å². The van der Waals surface area contributed by atoms with E-state index in [0.717, 1.165) is 6.42 Å². The Morgan fingerprint density at radius 3 is 2.50 bits per heavy atom. The molecule has 0 bridgehead atoms. The maximum absolute atomic E-state index is 13.3. The van der Waals surface area contributed by atoms with Crippen molar-refractivity contribution in [1.29, 1.82) is 0 Å². The van der Waals surface area contributed by atoms with E-state index in [-0.39, 0.29) is 12.3 Å². The lowest BCUT2D eigenvalue weighted by atomic mass is 9.92. The second-order valence-electron chi connectivity index (χ2n) is 3.40. The van der Waals surface area contributed by atoms with Crippen molar-refractivity contribution in [2.45, 2.75) is 18.5 Å². The van der Waals surface area contributed by atoms with E-state index in [1.807, 2.05) is 0 Å². The van der Waals surface area contributed by atoms with Gasteiger partial charge in [-0.05, 0) is 18.8 Å². The highest BCUT2D eigenvalue weighted by Gasteiger charge is 2.33. The van der Waals surface area contributed by atoms with Crippen LogP contribution in [0, 0.1) is 5.92 Å². The van der Waals surface area contributed by atoms with Crippen molar-refractivity contribution in [2.24, 2.45) is 5.92 Å². The van der Waals surface area contributed by atoms with Gasteiger partial charge in [-0.1, -0.05) is 0 Å². The lowest BCUT2D eigenvalue weighted by Gasteiger charge is -2.22. The van der Waals surface area contributed by atoms with Crippen molar-refractivity contribution in [3.8, 4) is 0 Å². The molecule has 1 rings (SSSR count). The predicted octanol–water partition coefficient (Wildman–Crippen LogP) is 0.106. The SMILES string of the molecule is OCC(F)(CO)C[C@@H]1CCOC1. The van der Waals surface area contributed by atoms with Crippen LogP contribution in [0.25, 0.3) is 0 Å². The molecular weight excluding hydrogens is 163 g/mol. The van der Waals surface area contributed by atoms with Gasteiger partial charge in [0.1, 0.15) is 0 Å². The Hall–Kier alpha value is -0.190. The summed E-state index contributed by atoms with van der Waals surface area (Å²) in [5.74, 6) is 0.147. The summed E-state index contributed by atoms with van der Waals surface area (Å²) in [6.07, 6.45) is 1.02. The first-order chi connectivity index (χ1) is 5.70. The molecule has 0 spiro atoms. The van der Waals surface area contributed by atoms with E-state index in [0.29, 0.717) is 13.2 Å². The van der Waals surface area contributed by atoms with Crippen LogP contribution >= 0.6 is 0 Å². The summed E-state index contributed by atoms with van der Waals surface area (Å²) < 4.78 is 18.4. The van der Waals surface area contributed by atoms with Crippen LogP contribution in [0.15, 0.2) is 0 Å². The number of aliphatic hydroxyl groups is 2. The van der Waals surface area contributed by atoms with Crippen LogP contribution in [0.3, 0.4) is 0 Å². The van der Waals surface area contributed by atoms with Gasteiger partial charge in [-0.2, -0.15) is 0 Å². The number of hydrogen-bond acceptors (Lipinski definition) is 3. The Morgan fingerprint density at radius 2 is 2.08 bits per heavy atom. The summed E-state index contributed by atoms with van der Waals surface area (Å²) >= 11 is 0. The first-order valence-electron chi connectivity index (χ1n) is 4.18. The minimum Gasteiger partial charge on any atom is -0.393 e. The molecule has 2 N–H and O–H groups in total. The molecule has 1 atom stereocenters. The quantitative estimate of drug-likeness (QED) is 0.642. The molecule has 1 fully saturated rings.